The molecule has 9 nitrogen and oxygen atoms in total. The Morgan fingerprint density at radius 2 is 1.69 bits per heavy atom. The molecule has 0 amide bonds. The van der Waals surface area contributed by atoms with Crippen molar-refractivity contribution in [1.29, 1.82) is 0 Å². The summed E-state index contributed by atoms with van der Waals surface area (Å²) < 4.78 is 38.8. The van der Waals surface area contributed by atoms with Gasteiger partial charge in [0.1, 0.15) is 22.1 Å². The first-order valence-corrected chi connectivity index (χ1v) is 11.0. The van der Waals surface area contributed by atoms with E-state index in [0.717, 1.165) is 14.2 Å². The molecule has 0 unspecified atom stereocenters. The van der Waals surface area contributed by atoms with Crippen LogP contribution in [0.3, 0.4) is 0 Å². The summed E-state index contributed by atoms with van der Waals surface area (Å²) in [5.74, 6) is -1.17. The lowest BCUT2D eigenvalue weighted by atomic mass is 10.1. The van der Waals surface area contributed by atoms with Crippen molar-refractivity contribution in [2.45, 2.75) is 17.9 Å². The van der Waals surface area contributed by atoms with Crippen LogP contribution in [0.4, 0.5) is 21.5 Å². The molecule has 0 heterocycles. The van der Waals surface area contributed by atoms with Crippen LogP contribution in [0.15, 0.2) is 50.9 Å². The Kier molecular flexibility index (Phi) is 6.56. The molecule has 0 spiro atoms. The summed E-state index contributed by atoms with van der Waals surface area (Å²) in [5.41, 5.74) is -1.36. The van der Waals surface area contributed by atoms with Crippen LogP contribution in [0.2, 0.25) is 5.02 Å². The highest BCUT2D eigenvalue weighted by molar-refractivity contribution is 7.89. The molecule has 0 aliphatic carbocycles. The number of hydrogen-bond donors (Lipinski definition) is 3. The van der Waals surface area contributed by atoms with Crippen LogP contribution < -0.4 is 21.5 Å². The van der Waals surface area contributed by atoms with Crippen molar-refractivity contribution in [3.8, 4) is 5.75 Å². The normalized spacial score (nSPS) is 12.8. The van der Waals surface area contributed by atoms with E-state index in [1.54, 1.807) is 6.92 Å². The first-order chi connectivity index (χ1) is 15.0. The lowest BCUT2D eigenvalue weighted by Crippen LogP contribution is -2.37. The van der Waals surface area contributed by atoms with Gasteiger partial charge >= 0.3 is 0 Å². The quantitative estimate of drug-likeness (QED) is 0.254. The lowest BCUT2D eigenvalue weighted by Gasteiger charge is -2.21. The van der Waals surface area contributed by atoms with Gasteiger partial charge in [-0.25, -0.2) is 12.8 Å². The molecule has 3 rings (SSSR count). The molecule has 3 N–H and O–H groups in total. The van der Waals surface area contributed by atoms with Crippen LogP contribution in [-0.4, -0.2) is 32.2 Å². The first kappa shape index (κ1) is 23.7. The fraction of sp³-hybridized carbons (Fsp3) is 0.200. The molecule has 0 radical (unpaired) electrons. The van der Waals surface area contributed by atoms with Crippen LogP contribution in [0, 0.1) is 5.82 Å². The fourth-order valence-electron chi connectivity index (χ4n) is 2.95. The topological polar surface area (TPSA) is 125 Å². The van der Waals surface area contributed by atoms with Gasteiger partial charge in [-0.05, 0) is 36.8 Å². The predicted molar refractivity (Wildman–Crippen MR) is 118 cm³/mol. The number of phenolic OH excluding ortho intramolecular Hbond substituents is 1. The minimum Gasteiger partial charge on any atom is -0.504 e. The van der Waals surface area contributed by atoms with Gasteiger partial charge in [0.2, 0.25) is 0 Å². The van der Waals surface area contributed by atoms with Gasteiger partial charge < -0.3 is 15.7 Å². The van der Waals surface area contributed by atoms with E-state index >= 15 is 0 Å². The highest BCUT2D eigenvalue weighted by Crippen LogP contribution is 2.40. The van der Waals surface area contributed by atoms with Gasteiger partial charge in [-0.2, -0.15) is 0 Å². The minimum atomic E-state index is -4.32. The van der Waals surface area contributed by atoms with Gasteiger partial charge in [-0.15, -0.1) is 0 Å². The van der Waals surface area contributed by atoms with Crippen molar-refractivity contribution in [2.24, 2.45) is 0 Å². The monoisotopic (exact) mass is 483 g/mol. The van der Waals surface area contributed by atoms with E-state index < -0.39 is 43.4 Å². The van der Waals surface area contributed by atoms with Crippen molar-refractivity contribution >= 4 is 38.7 Å². The SMILES string of the molecule is CON(C)S(=O)(=O)c1c(Cl)ccc(Nc2c(N[C@@H](C)c3ccc(F)cc3)c(=O)c2=O)c1O. The van der Waals surface area contributed by atoms with Gasteiger partial charge in [-0.3, -0.25) is 14.4 Å². The number of nitrogens with one attached hydrogen (secondary N) is 2. The number of aromatic hydroxyl groups is 1. The fourth-order valence-corrected chi connectivity index (χ4v) is 4.52. The summed E-state index contributed by atoms with van der Waals surface area (Å²) in [4.78, 5) is 28.3. The van der Waals surface area contributed by atoms with Crippen LogP contribution >= 0.6 is 11.6 Å². The van der Waals surface area contributed by atoms with E-state index in [0.29, 0.717) is 10.0 Å². The van der Waals surface area contributed by atoms with Gasteiger partial charge in [-0.1, -0.05) is 28.2 Å². The lowest BCUT2D eigenvalue weighted by molar-refractivity contribution is -0.0259. The van der Waals surface area contributed by atoms with Crippen molar-refractivity contribution < 1.29 is 22.8 Å². The van der Waals surface area contributed by atoms with E-state index in [2.05, 4.69) is 15.5 Å². The number of hydroxylamine groups is 1. The Morgan fingerprint density at radius 1 is 1.09 bits per heavy atom. The number of sulfonamides is 1. The van der Waals surface area contributed by atoms with E-state index in [-0.39, 0.29) is 22.1 Å². The van der Waals surface area contributed by atoms with E-state index in [1.807, 2.05) is 0 Å². The van der Waals surface area contributed by atoms with Crippen molar-refractivity contribution in [2.75, 3.05) is 24.8 Å². The third-order valence-electron chi connectivity index (χ3n) is 4.84. The Morgan fingerprint density at radius 3 is 2.28 bits per heavy atom. The summed E-state index contributed by atoms with van der Waals surface area (Å²) in [6, 6.07) is 7.59. The molecular formula is C20H19ClFN3O6S. The minimum absolute atomic E-state index is 0.0559. The Bertz CT molecular complexity index is 1340. The van der Waals surface area contributed by atoms with Crippen LogP contribution in [0.1, 0.15) is 18.5 Å². The first-order valence-electron chi connectivity index (χ1n) is 9.15. The number of phenols is 1. The van der Waals surface area contributed by atoms with Crippen molar-refractivity contribution in [3.63, 3.8) is 0 Å². The van der Waals surface area contributed by atoms with Gasteiger partial charge in [0.05, 0.1) is 17.8 Å². The molecule has 32 heavy (non-hydrogen) atoms. The average molecular weight is 484 g/mol. The van der Waals surface area contributed by atoms with E-state index in [9.17, 15) is 27.5 Å². The maximum absolute atomic E-state index is 13.1. The van der Waals surface area contributed by atoms with Crippen LogP contribution in [-0.2, 0) is 14.9 Å². The molecule has 3 aromatic rings. The molecule has 12 heteroatoms. The largest absolute Gasteiger partial charge is 0.504 e. The summed E-state index contributed by atoms with van der Waals surface area (Å²) in [5, 5.41) is 15.8. The molecule has 0 aromatic heterocycles. The van der Waals surface area contributed by atoms with Crippen molar-refractivity contribution in [3.05, 3.63) is 73.2 Å². The molecule has 1 atom stereocenters. The Hall–Kier alpha value is -2.99. The highest BCUT2D eigenvalue weighted by Gasteiger charge is 2.30. The zero-order chi connectivity index (χ0) is 23.8. The number of halogens is 2. The molecule has 0 aliphatic rings. The smallest absolute Gasteiger partial charge is 0.269 e. The molecular weight excluding hydrogens is 465 g/mol. The molecule has 170 valence electrons. The summed E-state index contributed by atoms with van der Waals surface area (Å²) in [6.45, 7) is 1.71. The van der Waals surface area contributed by atoms with Gasteiger partial charge in [0.25, 0.3) is 20.9 Å². The summed E-state index contributed by atoms with van der Waals surface area (Å²) >= 11 is 5.98. The zero-order valence-electron chi connectivity index (χ0n) is 17.1. The predicted octanol–water partition coefficient (Wildman–Crippen LogP) is 2.88. The van der Waals surface area contributed by atoms with E-state index in [4.69, 9.17) is 11.6 Å². The molecule has 0 saturated carbocycles. The molecule has 0 saturated heterocycles. The maximum Gasteiger partial charge on any atom is 0.269 e. The standard InChI is InChI=1S/C20H19ClFN3O6S/c1-10(11-4-6-12(22)7-5-11)23-15-16(19(28)18(15)27)24-14-9-8-13(21)20(17(14)26)32(29,30)25(2)31-3/h4-10,23-24,26H,1-3H3/t10-/m0/s1. The molecule has 0 aliphatic heterocycles. The molecule has 0 fully saturated rings. The second-order valence-electron chi connectivity index (χ2n) is 6.82. The highest BCUT2D eigenvalue weighted by atomic mass is 35.5. The second-order valence-corrected chi connectivity index (χ2v) is 9.10. The van der Waals surface area contributed by atoms with Gasteiger partial charge in [0.15, 0.2) is 5.75 Å². The molecule has 3 aromatic carbocycles. The maximum atomic E-state index is 13.1. The van der Waals surface area contributed by atoms with Crippen molar-refractivity contribution in [1.82, 2.24) is 4.47 Å². The number of anilines is 3. The van der Waals surface area contributed by atoms with Crippen LogP contribution in [0.25, 0.3) is 0 Å². The summed E-state index contributed by atoms with van der Waals surface area (Å²) in [6.07, 6.45) is 0. The second kappa shape index (κ2) is 8.87. The Labute approximate surface area is 187 Å². The zero-order valence-corrected chi connectivity index (χ0v) is 18.7. The summed E-state index contributed by atoms with van der Waals surface area (Å²) in [7, 11) is -2.09. The Balaban J connectivity index is 1.95. The third-order valence-corrected chi connectivity index (χ3v) is 7.02. The number of hydrogen-bond acceptors (Lipinski definition) is 8. The number of rotatable bonds is 8. The average Bonchev–Trinajstić information content (AvgIpc) is 2.76. The van der Waals surface area contributed by atoms with Crippen LogP contribution in [0.5, 0.6) is 5.75 Å². The van der Waals surface area contributed by atoms with E-state index in [1.165, 1.54) is 36.4 Å². The third kappa shape index (κ3) is 4.19. The number of nitrogens with zero attached hydrogens (tertiary/aromatic N) is 1. The molecule has 0 bridgehead atoms. The van der Waals surface area contributed by atoms with Gasteiger partial charge in [0, 0.05) is 13.1 Å². The number of benzene rings is 2.